The number of para-hydroxylation sites is 1. The molecule has 0 heterocycles. The maximum Gasteiger partial charge on any atom is 0.165 e. The summed E-state index contributed by atoms with van der Waals surface area (Å²) in [6.07, 6.45) is 5.99. The molecule has 4 heteroatoms. The molecule has 110 valence electrons. The molecule has 2 atom stereocenters. The molecule has 0 saturated heterocycles. The largest absolute Gasteiger partial charge is 0.487 e. The molecule has 2 unspecified atom stereocenters. The van der Waals surface area contributed by atoms with Gasteiger partial charge in [-0.1, -0.05) is 12.1 Å². The van der Waals surface area contributed by atoms with E-state index in [-0.39, 0.29) is 24.1 Å². The topological polar surface area (TPSA) is 41.5 Å². The Balaban J connectivity index is 1.66. The zero-order valence-corrected chi connectivity index (χ0v) is 11.6. The maximum absolute atomic E-state index is 13.6. The quantitative estimate of drug-likeness (QED) is 0.870. The van der Waals surface area contributed by atoms with Crippen LogP contribution in [0.4, 0.5) is 4.39 Å². The van der Waals surface area contributed by atoms with Crippen molar-refractivity contribution in [1.82, 2.24) is 5.32 Å². The second-order valence-electron chi connectivity index (χ2n) is 6.12. The minimum atomic E-state index is -0.317. The average molecular weight is 279 g/mol. The van der Waals surface area contributed by atoms with E-state index in [1.54, 1.807) is 18.2 Å². The van der Waals surface area contributed by atoms with E-state index in [0.717, 1.165) is 25.7 Å². The molecule has 1 aromatic rings. The summed E-state index contributed by atoms with van der Waals surface area (Å²) >= 11 is 0. The Bertz CT molecular complexity index is 464. The summed E-state index contributed by atoms with van der Waals surface area (Å²) in [6, 6.07) is 7.08. The maximum atomic E-state index is 13.6. The van der Waals surface area contributed by atoms with Gasteiger partial charge in [0.05, 0.1) is 6.61 Å². The number of hydrogen-bond donors (Lipinski definition) is 2. The van der Waals surface area contributed by atoms with Crippen molar-refractivity contribution in [3.8, 4) is 5.75 Å². The average Bonchev–Trinajstić information content (AvgIpc) is 3.26. The molecule has 2 fully saturated rings. The van der Waals surface area contributed by atoms with Crippen LogP contribution in [0.2, 0.25) is 0 Å². The van der Waals surface area contributed by atoms with Crippen molar-refractivity contribution >= 4 is 0 Å². The second-order valence-corrected chi connectivity index (χ2v) is 6.12. The van der Waals surface area contributed by atoms with Gasteiger partial charge in [0.15, 0.2) is 11.6 Å². The highest BCUT2D eigenvalue weighted by Crippen LogP contribution is 2.34. The number of halogens is 1. The fourth-order valence-electron chi connectivity index (χ4n) is 3.11. The van der Waals surface area contributed by atoms with Gasteiger partial charge in [0.25, 0.3) is 0 Å². The Morgan fingerprint density at radius 3 is 2.80 bits per heavy atom. The van der Waals surface area contributed by atoms with Crippen LogP contribution in [0.1, 0.15) is 38.5 Å². The number of benzene rings is 1. The van der Waals surface area contributed by atoms with Gasteiger partial charge < -0.3 is 15.2 Å². The summed E-state index contributed by atoms with van der Waals surface area (Å²) in [5, 5.41) is 13.3. The Morgan fingerprint density at radius 2 is 2.10 bits per heavy atom. The van der Waals surface area contributed by atoms with Crippen molar-refractivity contribution < 1.29 is 14.2 Å². The normalized spacial score (nSPS) is 30.2. The molecule has 2 saturated carbocycles. The molecule has 0 amide bonds. The summed E-state index contributed by atoms with van der Waals surface area (Å²) in [7, 11) is 0. The number of nitrogens with one attached hydrogen (secondary N) is 1. The lowest BCUT2D eigenvalue weighted by molar-refractivity contribution is 0.0479. The molecule has 0 radical (unpaired) electrons. The molecule has 0 aliphatic heterocycles. The highest BCUT2D eigenvalue weighted by atomic mass is 19.1. The van der Waals surface area contributed by atoms with Crippen LogP contribution in [0.5, 0.6) is 5.75 Å². The van der Waals surface area contributed by atoms with E-state index >= 15 is 0 Å². The van der Waals surface area contributed by atoms with Crippen LogP contribution in [-0.4, -0.2) is 29.4 Å². The summed E-state index contributed by atoms with van der Waals surface area (Å²) in [4.78, 5) is 0. The van der Waals surface area contributed by atoms with Crippen molar-refractivity contribution in [1.29, 1.82) is 0 Å². The van der Waals surface area contributed by atoms with E-state index in [4.69, 9.17) is 4.74 Å². The van der Waals surface area contributed by atoms with Crippen LogP contribution < -0.4 is 10.1 Å². The smallest absolute Gasteiger partial charge is 0.165 e. The third-order valence-corrected chi connectivity index (χ3v) is 4.32. The summed E-state index contributed by atoms with van der Waals surface area (Å²) < 4.78 is 19.5. The summed E-state index contributed by atoms with van der Waals surface area (Å²) in [5.41, 5.74) is -0.241. The standard InChI is InChI=1S/C16H22FNO2/c17-14-5-1-2-6-15(14)20-13-4-3-9-16(10-13,11-19)18-12-7-8-12/h1-2,5-6,12-13,18-19H,3-4,7-11H2. The summed E-state index contributed by atoms with van der Waals surface area (Å²) in [6.45, 7) is 0.126. The molecule has 0 spiro atoms. The number of ether oxygens (including phenoxy) is 1. The van der Waals surface area contributed by atoms with E-state index < -0.39 is 0 Å². The first-order valence-electron chi connectivity index (χ1n) is 7.50. The number of aliphatic hydroxyl groups excluding tert-OH is 1. The number of hydrogen-bond acceptors (Lipinski definition) is 3. The van der Waals surface area contributed by atoms with E-state index in [9.17, 15) is 9.50 Å². The lowest BCUT2D eigenvalue weighted by Gasteiger charge is -2.40. The Hall–Kier alpha value is -1.13. The van der Waals surface area contributed by atoms with E-state index in [1.807, 2.05) is 0 Å². The predicted octanol–water partition coefficient (Wildman–Crippen LogP) is 2.63. The van der Waals surface area contributed by atoms with Crippen LogP contribution in [0.15, 0.2) is 24.3 Å². The van der Waals surface area contributed by atoms with Crippen molar-refractivity contribution in [3.05, 3.63) is 30.1 Å². The molecule has 3 nitrogen and oxygen atoms in total. The van der Waals surface area contributed by atoms with Gasteiger partial charge in [-0.2, -0.15) is 0 Å². The Labute approximate surface area is 119 Å². The van der Waals surface area contributed by atoms with Gasteiger partial charge in [0, 0.05) is 18.0 Å². The first kappa shape index (κ1) is 13.8. The van der Waals surface area contributed by atoms with Gasteiger partial charge in [0.2, 0.25) is 0 Å². The van der Waals surface area contributed by atoms with Crippen LogP contribution >= 0.6 is 0 Å². The predicted molar refractivity (Wildman–Crippen MR) is 75.3 cm³/mol. The van der Waals surface area contributed by atoms with Crippen molar-refractivity contribution in [2.75, 3.05) is 6.61 Å². The molecule has 2 N–H and O–H groups in total. The number of aliphatic hydroxyl groups is 1. The molecule has 0 aromatic heterocycles. The fraction of sp³-hybridized carbons (Fsp3) is 0.625. The van der Waals surface area contributed by atoms with Gasteiger partial charge in [-0.25, -0.2) is 4.39 Å². The van der Waals surface area contributed by atoms with E-state index in [0.29, 0.717) is 11.8 Å². The fourth-order valence-corrected chi connectivity index (χ4v) is 3.11. The monoisotopic (exact) mass is 279 g/mol. The van der Waals surface area contributed by atoms with E-state index in [2.05, 4.69) is 5.32 Å². The highest BCUT2D eigenvalue weighted by Gasteiger charge is 2.40. The third kappa shape index (κ3) is 3.13. The third-order valence-electron chi connectivity index (χ3n) is 4.32. The van der Waals surface area contributed by atoms with Crippen LogP contribution in [0, 0.1) is 5.82 Å². The molecule has 2 aliphatic rings. The van der Waals surface area contributed by atoms with Gasteiger partial charge in [-0.15, -0.1) is 0 Å². The van der Waals surface area contributed by atoms with Crippen molar-refractivity contribution in [2.24, 2.45) is 0 Å². The second kappa shape index (κ2) is 5.70. The Morgan fingerprint density at radius 1 is 1.30 bits per heavy atom. The highest BCUT2D eigenvalue weighted by molar-refractivity contribution is 5.24. The first-order chi connectivity index (χ1) is 9.71. The summed E-state index contributed by atoms with van der Waals surface area (Å²) in [5.74, 6) is 0.000450. The molecule has 0 bridgehead atoms. The van der Waals surface area contributed by atoms with E-state index in [1.165, 1.54) is 18.9 Å². The first-order valence-corrected chi connectivity index (χ1v) is 7.50. The zero-order valence-electron chi connectivity index (χ0n) is 11.6. The van der Waals surface area contributed by atoms with Gasteiger partial charge in [0.1, 0.15) is 6.10 Å². The lowest BCUT2D eigenvalue weighted by atomic mass is 9.80. The van der Waals surface area contributed by atoms with Gasteiger partial charge >= 0.3 is 0 Å². The van der Waals surface area contributed by atoms with Crippen LogP contribution in [-0.2, 0) is 0 Å². The van der Waals surface area contributed by atoms with Crippen molar-refractivity contribution in [3.63, 3.8) is 0 Å². The lowest BCUT2D eigenvalue weighted by Crippen LogP contribution is -2.54. The van der Waals surface area contributed by atoms with Crippen LogP contribution in [0.3, 0.4) is 0 Å². The molecular formula is C16H22FNO2. The minimum Gasteiger partial charge on any atom is -0.487 e. The Kier molecular flexibility index (Phi) is 3.94. The zero-order chi connectivity index (χ0) is 14.0. The van der Waals surface area contributed by atoms with Gasteiger partial charge in [-0.3, -0.25) is 0 Å². The molecule has 1 aromatic carbocycles. The van der Waals surface area contributed by atoms with Gasteiger partial charge in [-0.05, 0) is 44.2 Å². The molecular weight excluding hydrogens is 257 g/mol. The number of rotatable bonds is 5. The molecule has 2 aliphatic carbocycles. The molecule has 3 rings (SSSR count). The molecule has 20 heavy (non-hydrogen) atoms. The van der Waals surface area contributed by atoms with Crippen molar-refractivity contribution in [2.45, 2.75) is 56.2 Å². The minimum absolute atomic E-state index is 0.0287. The SMILES string of the molecule is OCC1(NC2CC2)CCCC(Oc2ccccc2F)C1. The van der Waals surface area contributed by atoms with Crippen LogP contribution in [0.25, 0.3) is 0 Å².